The third kappa shape index (κ3) is 2.53. The van der Waals surface area contributed by atoms with Crippen molar-refractivity contribution >= 4 is 28.8 Å². The number of carboxylic acid groups (broad SMARTS) is 1. The quantitative estimate of drug-likeness (QED) is 0.720. The summed E-state index contributed by atoms with van der Waals surface area (Å²) < 4.78 is 0. The van der Waals surface area contributed by atoms with Gasteiger partial charge in [-0.25, -0.2) is 4.98 Å². The van der Waals surface area contributed by atoms with Gasteiger partial charge in [-0.1, -0.05) is 54.2 Å². The Hall–Kier alpha value is -2.27. The number of para-hydroxylation sites is 2. The largest absolute Gasteiger partial charge is 0.480 e. The lowest BCUT2D eigenvalue weighted by molar-refractivity contribution is -0.136. The highest BCUT2D eigenvalue weighted by Gasteiger charge is 2.22. The number of aliphatic carboxylic acids is 1. The number of carboxylic acids is 1. The lowest BCUT2D eigenvalue weighted by atomic mass is 10.1. The molecule has 0 saturated carbocycles. The molecule has 0 aliphatic carbocycles. The maximum atomic E-state index is 11.5. The minimum absolute atomic E-state index is 0.613. The van der Waals surface area contributed by atoms with Crippen LogP contribution in [0.5, 0.6) is 0 Å². The van der Waals surface area contributed by atoms with E-state index in [4.69, 9.17) is 0 Å². The molecule has 2 N–H and O–H groups in total. The average molecular weight is 284 g/mol. The number of benzene rings is 2. The van der Waals surface area contributed by atoms with Gasteiger partial charge in [-0.05, 0) is 17.7 Å². The van der Waals surface area contributed by atoms with Crippen LogP contribution in [0.4, 0.5) is 0 Å². The van der Waals surface area contributed by atoms with Crippen LogP contribution in [0.1, 0.15) is 10.8 Å². The molecule has 3 aromatic rings. The van der Waals surface area contributed by atoms with Crippen LogP contribution in [0.25, 0.3) is 11.0 Å². The van der Waals surface area contributed by atoms with E-state index in [2.05, 4.69) is 9.97 Å². The molecular formula is C15H12N2O2S. The van der Waals surface area contributed by atoms with E-state index in [0.717, 1.165) is 16.6 Å². The third-order valence-corrected chi connectivity index (χ3v) is 4.05. The number of nitrogens with one attached hydrogen (secondary N) is 1. The van der Waals surface area contributed by atoms with E-state index in [9.17, 15) is 9.90 Å². The molecule has 1 heterocycles. The van der Waals surface area contributed by atoms with Gasteiger partial charge < -0.3 is 10.1 Å². The van der Waals surface area contributed by atoms with Gasteiger partial charge in [0.05, 0.1) is 11.0 Å². The minimum Gasteiger partial charge on any atom is -0.480 e. The van der Waals surface area contributed by atoms with E-state index in [0.29, 0.717) is 5.16 Å². The Morgan fingerprint density at radius 3 is 2.50 bits per heavy atom. The topological polar surface area (TPSA) is 66.0 Å². The first-order chi connectivity index (χ1) is 9.74. The molecule has 0 saturated heterocycles. The number of hydrogen-bond donors (Lipinski definition) is 2. The highest BCUT2D eigenvalue weighted by atomic mass is 32.2. The second kappa shape index (κ2) is 5.38. The van der Waals surface area contributed by atoms with Gasteiger partial charge in [0.15, 0.2) is 5.16 Å². The van der Waals surface area contributed by atoms with Gasteiger partial charge in [-0.15, -0.1) is 0 Å². The zero-order valence-electron chi connectivity index (χ0n) is 10.5. The number of nitrogens with zero attached hydrogens (tertiary/aromatic N) is 1. The molecule has 0 bridgehead atoms. The predicted octanol–water partition coefficient (Wildman–Crippen LogP) is 3.48. The van der Waals surface area contributed by atoms with E-state index < -0.39 is 11.2 Å². The van der Waals surface area contributed by atoms with Crippen LogP contribution < -0.4 is 0 Å². The van der Waals surface area contributed by atoms with Gasteiger partial charge in [0.1, 0.15) is 5.25 Å². The molecule has 0 unspecified atom stereocenters. The first-order valence-corrected chi connectivity index (χ1v) is 7.01. The molecule has 4 nitrogen and oxygen atoms in total. The number of H-pyrrole nitrogens is 1. The number of imidazole rings is 1. The first-order valence-electron chi connectivity index (χ1n) is 6.13. The van der Waals surface area contributed by atoms with E-state index in [1.807, 2.05) is 54.6 Å². The Balaban J connectivity index is 1.92. The third-order valence-electron chi connectivity index (χ3n) is 2.92. The summed E-state index contributed by atoms with van der Waals surface area (Å²) in [5.41, 5.74) is 2.50. The van der Waals surface area contributed by atoms with E-state index >= 15 is 0 Å². The lowest BCUT2D eigenvalue weighted by Crippen LogP contribution is -2.08. The lowest BCUT2D eigenvalue weighted by Gasteiger charge is -2.10. The van der Waals surface area contributed by atoms with Crippen molar-refractivity contribution < 1.29 is 9.90 Å². The molecule has 0 fully saturated rings. The summed E-state index contributed by atoms with van der Waals surface area (Å²) in [6.07, 6.45) is 0. The molecule has 0 amide bonds. The number of carbonyl (C=O) groups is 1. The Bertz CT molecular complexity index is 707. The van der Waals surface area contributed by atoms with Crippen molar-refractivity contribution in [3.05, 3.63) is 60.2 Å². The average Bonchev–Trinajstić information content (AvgIpc) is 2.88. The van der Waals surface area contributed by atoms with Crippen LogP contribution in [-0.4, -0.2) is 21.0 Å². The van der Waals surface area contributed by atoms with Crippen LogP contribution in [-0.2, 0) is 4.79 Å². The molecule has 1 atom stereocenters. The summed E-state index contributed by atoms with van der Waals surface area (Å²) in [5.74, 6) is -0.873. The van der Waals surface area contributed by atoms with Crippen molar-refractivity contribution in [2.75, 3.05) is 0 Å². The highest BCUT2D eigenvalue weighted by Crippen LogP contribution is 2.34. The fourth-order valence-corrected chi connectivity index (χ4v) is 2.92. The van der Waals surface area contributed by atoms with Crippen molar-refractivity contribution in [3.8, 4) is 0 Å². The van der Waals surface area contributed by atoms with Crippen LogP contribution in [0.15, 0.2) is 59.8 Å². The van der Waals surface area contributed by atoms with E-state index in [1.54, 1.807) is 0 Å². The number of thioether (sulfide) groups is 1. The van der Waals surface area contributed by atoms with Crippen LogP contribution in [0.3, 0.4) is 0 Å². The molecule has 20 heavy (non-hydrogen) atoms. The molecule has 1 aromatic heterocycles. The highest BCUT2D eigenvalue weighted by molar-refractivity contribution is 8.00. The normalized spacial score (nSPS) is 12.4. The minimum atomic E-state index is -0.873. The summed E-state index contributed by atoms with van der Waals surface area (Å²) >= 11 is 1.21. The molecule has 0 aliphatic rings. The fraction of sp³-hybridized carbons (Fsp3) is 0.0667. The molecule has 5 heteroatoms. The smallest absolute Gasteiger partial charge is 0.321 e. The first kappa shape index (κ1) is 12.7. The molecule has 2 aromatic carbocycles. The Morgan fingerprint density at radius 1 is 1.10 bits per heavy atom. The Labute approximate surface area is 119 Å². The van der Waals surface area contributed by atoms with Crippen molar-refractivity contribution in [1.82, 2.24) is 9.97 Å². The molecule has 0 aliphatic heterocycles. The number of hydrogen-bond acceptors (Lipinski definition) is 3. The summed E-state index contributed by atoms with van der Waals surface area (Å²) in [7, 11) is 0. The standard InChI is InChI=1S/C15H12N2O2S/c18-14(19)13(10-6-2-1-3-7-10)20-15-16-11-8-4-5-9-12(11)17-15/h1-9,13H,(H,16,17)(H,18,19)/t13-/m0/s1. The van der Waals surface area contributed by atoms with E-state index in [1.165, 1.54) is 11.8 Å². The van der Waals surface area contributed by atoms with Gasteiger partial charge in [-0.2, -0.15) is 0 Å². The number of aromatic amines is 1. The molecule has 100 valence electrons. The molecule has 3 rings (SSSR count). The number of aromatic nitrogens is 2. The van der Waals surface area contributed by atoms with Gasteiger partial charge in [-0.3, -0.25) is 4.79 Å². The van der Waals surface area contributed by atoms with Crippen LogP contribution in [0, 0.1) is 0 Å². The Morgan fingerprint density at radius 2 is 1.80 bits per heavy atom. The molecule has 0 spiro atoms. The van der Waals surface area contributed by atoms with Gasteiger partial charge in [0.25, 0.3) is 0 Å². The zero-order valence-corrected chi connectivity index (χ0v) is 11.3. The monoisotopic (exact) mass is 284 g/mol. The maximum Gasteiger partial charge on any atom is 0.321 e. The van der Waals surface area contributed by atoms with Crippen molar-refractivity contribution in [1.29, 1.82) is 0 Å². The molecular weight excluding hydrogens is 272 g/mol. The summed E-state index contributed by atoms with van der Waals surface area (Å²) in [6.45, 7) is 0. The number of rotatable bonds is 4. The van der Waals surface area contributed by atoms with Crippen LogP contribution >= 0.6 is 11.8 Å². The number of fused-ring (bicyclic) bond motifs is 1. The predicted molar refractivity (Wildman–Crippen MR) is 78.8 cm³/mol. The zero-order chi connectivity index (χ0) is 13.9. The fourth-order valence-electron chi connectivity index (χ4n) is 1.99. The second-order valence-corrected chi connectivity index (χ2v) is 5.40. The Kier molecular flexibility index (Phi) is 3.43. The SMILES string of the molecule is O=C(O)[C@@H](Sc1nc2ccccc2[nH]1)c1ccccc1. The second-order valence-electron chi connectivity index (χ2n) is 4.31. The van der Waals surface area contributed by atoms with Gasteiger partial charge >= 0.3 is 5.97 Å². The summed E-state index contributed by atoms with van der Waals surface area (Å²) in [5, 5.41) is 9.34. The van der Waals surface area contributed by atoms with Crippen molar-refractivity contribution in [3.63, 3.8) is 0 Å². The van der Waals surface area contributed by atoms with Crippen LogP contribution in [0.2, 0.25) is 0 Å². The summed E-state index contributed by atoms with van der Waals surface area (Å²) in [6, 6.07) is 16.8. The van der Waals surface area contributed by atoms with Crippen molar-refractivity contribution in [2.45, 2.75) is 10.4 Å². The van der Waals surface area contributed by atoms with Gasteiger partial charge in [0, 0.05) is 0 Å². The van der Waals surface area contributed by atoms with E-state index in [-0.39, 0.29) is 0 Å². The maximum absolute atomic E-state index is 11.5. The summed E-state index contributed by atoms with van der Waals surface area (Å²) in [4.78, 5) is 19.0. The van der Waals surface area contributed by atoms with Crippen molar-refractivity contribution in [2.24, 2.45) is 0 Å². The molecule has 0 radical (unpaired) electrons. The van der Waals surface area contributed by atoms with Gasteiger partial charge in [0.2, 0.25) is 0 Å².